The molecule has 12 heteroatoms. The Morgan fingerprint density at radius 1 is 1.25 bits per heavy atom. The molecule has 2 aromatic heterocycles. The predicted molar refractivity (Wildman–Crippen MR) is 149 cm³/mol. The predicted octanol–water partition coefficient (Wildman–Crippen LogP) is 4.63. The molecule has 0 unspecified atom stereocenters. The number of benzene rings is 2. The van der Waals surface area contributed by atoms with Crippen molar-refractivity contribution >= 4 is 40.7 Å². The average molecular weight is 580 g/mol. The zero-order valence-corrected chi connectivity index (χ0v) is 23.1. The summed E-state index contributed by atoms with van der Waals surface area (Å²) < 4.78 is 18.5. The molecule has 0 aliphatic carbocycles. The molecule has 1 atom stereocenters. The summed E-state index contributed by atoms with van der Waals surface area (Å²) in [6.07, 6.45) is 1.73. The van der Waals surface area contributed by atoms with Crippen LogP contribution in [0.5, 0.6) is 5.75 Å². The summed E-state index contributed by atoms with van der Waals surface area (Å²) in [5, 5.41) is 11.6. The number of furan rings is 1. The molecule has 1 aliphatic rings. The third kappa shape index (κ3) is 4.96. The molecule has 0 amide bonds. The van der Waals surface area contributed by atoms with E-state index in [1.54, 1.807) is 51.3 Å². The number of nitro benzene ring substituents is 1. The van der Waals surface area contributed by atoms with Gasteiger partial charge in [0.25, 0.3) is 11.2 Å². The molecule has 2 aromatic carbocycles. The number of nitro groups is 1. The number of allylic oxidation sites excluding steroid dienone is 1. The molecular formula is C28H22ClN3O7S. The first kappa shape index (κ1) is 27.1. The maximum absolute atomic E-state index is 13.8. The number of rotatable bonds is 7. The number of esters is 1. The van der Waals surface area contributed by atoms with Crippen LogP contribution in [0, 0.1) is 10.1 Å². The van der Waals surface area contributed by atoms with Crippen molar-refractivity contribution in [2.75, 3.05) is 13.7 Å². The molecule has 40 heavy (non-hydrogen) atoms. The number of non-ortho nitro benzene ring substituents is 1. The number of fused-ring (bicyclic) bond motifs is 1. The van der Waals surface area contributed by atoms with Crippen molar-refractivity contribution in [1.82, 2.24) is 4.57 Å². The second-order valence-corrected chi connectivity index (χ2v) is 10.1. The third-order valence-electron chi connectivity index (χ3n) is 6.23. The van der Waals surface area contributed by atoms with Gasteiger partial charge in [0.1, 0.15) is 23.3 Å². The number of ether oxygens (including phenoxy) is 2. The van der Waals surface area contributed by atoms with Gasteiger partial charge in [0, 0.05) is 17.7 Å². The summed E-state index contributed by atoms with van der Waals surface area (Å²) >= 11 is 7.51. The van der Waals surface area contributed by atoms with Crippen LogP contribution in [0.2, 0.25) is 5.02 Å². The topological polar surface area (TPSA) is 126 Å². The van der Waals surface area contributed by atoms with Crippen molar-refractivity contribution in [3.63, 3.8) is 0 Å². The molecule has 0 saturated heterocycles. The van der Waals surface area contributed by atoms with Gasteiger partial charge in [-0.3, -0.25) is 19.5 Å². The van der Waals surface area contributed by atoms with E-state index in [9.17, 15) is 19.7 Å². The number of methoxy groups -OCH3 is 1. The van der Waals surface area contributed by atoms with Crippen molar-refractivity contribution < 1.29 is 23.6 Å². The Labute approximate surface area is 236 Å². The SMILES string of the molecule is CCOC(=O)C1=C(C)N=c2s/c(=C\c3cccc(OC)c3)c(=O)n2[C@@H]1c1ccc(-c2cc([N+](=O)[O-])ccc2Cl)o1. The van der Waals surface area contributed by atoms with Gasteiger partial charge in [-0.25, -0.2) is 9.79 Å². The van der Waals surface area contributed by atoms with Crippen LogP contribution in [0.3, 0.4) is 0 Å². The fourth-order valence-electron chi connectivity index (χ4n) is 4.40. The first-order valence-corrected chi connectivity index (χ1v) is 13.3. The highest BCUT2D eigenvalue weighted by molar-refractivity contribution is 7.07. The molecule has 0 fully saturated rings. The van der Waals surface area contributed by atoms with E-state index in [-0.39, 0.29) is 40.0 Å². The smallest absolute Gasteiger partial charge is 0.338 e. The van der Waals surface area contributed by atoms with Crippen LogP contribution in [0.25, 0.3) is 17.4 Å². The molecule has 0 bridgehead atoms. The van der Waals surface area contributed by atoms with E-state index < -0.39 is 16.9 Å². The monoisotopic (exact) mass is 579 g/mol. The summed E-state index contributed by atoms with van der Waals surface area (Å²) in [5.41, 5.74) is 1.04. The van der Waals surface area contributed by atoms with Gasteiger partial charge in [-0.1, -0.05) is 35.1 Å². The minimum atomic E-state index is -0.992. The molecule has 0 N–H and O–H groups in total. The van der Waals surface area contributed by atoms with E-state index in [0.29, 0.717) is 26.3 Å². The van der Waals surface area contributed by atoms with Gasteiger partial charge in [0.2, 0.25) is 0 Å². The number of thiazole rings is 1. The Kier molecular flexibility index (Phi) is 7.42. The number of carbonyl (C=O) groups excluding carboxylic acids is 1. The zero-order chi connectivity index (χ0) is 28.6. The van der Waals surface area contributed by atoms with Crippen LogP contribution in [-0.4, -0.2) is 29.2 Å². The lowest BCUT2D eigenvalue weighted by Gasteiger charge is -2.22. The van der Waals surface area contributed by atoms with E-state index in [1.807, 2.05) is 12.1 Å². The number of halogens is 1. The van der Waals surface area contributed by atoms with Gasteiger partial charge < -0.3 is 13.9 Å². The largest absolute Gasteiger partial charge is 0.497 e. The van der Waals surface area contributed by atoms with Gasteiger partial charge >= 0.3 is 5.97 Å². The molecule has 0 spiro atoms. The second kappa shape index (κ2) is 10.9. The van der Waals surface area contributed by atoms with Crippen molar-refractivity contribution in [2.45, 2.75) is 19.9 Å². The number of hydrogen-bond acceptors (Lipinski definition) is 9. The van der Waals surface area contributed by atoms with E-state index in [2.05, 4.69) is 4.99 Å². The van der Waals surface area contributed by atoms with Gasteiger partial charge in [-0.2, -0.15) is 0 Å². The summed E-state index contributed by atoms with van der Waals surface area (Å²) in [5.74, 6) is 0.481. The Bertz CT molecular complexity index is 1870. The van der Waals surface area contributed by atoms with Gasteiger partial charge in [-0.05, 0) is 55.8 Å². The quantitative estimate of drug-likeness (QED) is 0.177. The van der Waals surface area contributed by atoms with Crippen LogP contribution < -0.4 is 19.6 Å². The number of nitrogens with zero attached hydrogens (tertiary/aromatic N) is 3. The highest BCUT2D eigenvalue weighted by atomic mass is 35.5. The van der Waals surface area contributed by atoms with Gasteiger partial charge in [-0.15, -0.1) is 0 Å². The lowest BCUT2D eigenvalue weighted by molar-refractivity contribution is -0.384. The molecule has 204 valence electrons. The molecule has 5 rings (SSSR count). The number of hydrogen-bond donors (Lipinski definition) is 0. The maximum Gasteiger partial charge on any atom is 0.338 e. The molecule has 1 aliphatic heterocycles. The highest BCUT2D eigenvalue weighted by Crippen LogP contribution is 2.37. The normalized spacial score (nSPS) is 15.0. The summed E-state index contributed by atoms with van der Waals surface area (Å²) in [7, 11) is 1.56. The lowest BCUT2D eigenvalue weighted by atomic mass is 10.0. The minimum absolute atomic E-state index is 0.120. The molecule has 3 heterocycles. The van der Waals surface area contributed by atoms with Crippen LogP contribution in [-0.2, 0) is 9.53 Å². The van der Waals surface area contributed by atoms with E-state index in [0.717, 1.165) is 5.56 Å². The van der Waals surface area contributed by atoms with Gasteiger partial charge in [0.05, 0.1) is 39.5 Å². The van der Waals surface area contributed by atoms with E-state index in [4.69, 9.17) is 25.5 Å². The Hall–Kier alpha value is -4.48. The van der Waals surface area contributed by atoms with E-state index >= 15 is 0 Å². The van der Waals surface area contributed by atoms with Crippen molar-refractivity contribution in [3.05, 3.63) is 112 Å². The van der Waals surface area contributed by atoms with Crippen molar-refractivity contribution in [1.29, 1.82) is 0 Å². The summed E-state index contributed by atoms with van der Waals surface area (Å²) in [6, 6.07) is 13.5. The molecule has 0 radical (unpaired) electrons. The summed E-state index contributed by atoms with van der Waals surface area (Å²) in [6.45, 7) is 3.47. The summed E-state index contributed by atoms with van der Waals surface area (Å²) in [4.78, 5) is 42.6. The first-order valence-electron chi connectivity index (χ1n) is 12.1. The van der Waals surface area contributed by atoms with E-state index in [1.165, 1.54) is 34.1 Å². The highest BCUT2D eigenvalue weighted by Gasteiger charge is 2.35. The lowest BCUT2D eigenvalue weighted by Crippen LogP contribution is -2.39. The van der Waals surface area contributed by atoms with Crippen LogP contribution >= 0.6 is 22.9 Å². The van der Waals surface area contributed by atoms with Crippen LogP contribution in [0.1, 0.15) is 31.2 Å². The fourth-order valence-corrected chi connectivity index (χ4v) is 5.66. The Morgan fingerprint density at radius 2 is 2.05 bits per heavy atom. The Morgan fingerprint density at radius 3 is 2.77 bits per heavy atom. The maximum atomic E-state index is 13.8. The minimum Gasteiger partial charge on any atom is -0.497 e. The zero-order valence-electron chi connectivity index (χ0n) is 21.5. The standard InChI is InChI=1S/C28H22ClN3O7S/c1-4-38-27(34)24-15(2)30-28-31(26(33)23(40-28)13-16-6-5-7-18(12-16)37-3)25(24)22-11-10-21(39-22)19-14-17(32(35)36)8-9-20(19)29/h5-14,25H,4H2,1-3H3/b23-13-/t25-/m1/s1. The molecule has 0 saturated carbocycles. The van der Waals surface area contributed by atoms with Crippen molar-refractivity contribution in [2.24, 2.45) is 4.99 Å². The molecule has 10 nitrogen and oxygen atoms in total. The fraction of sp³-hybridized carbons (Fsp3) is 0.179. The van der Waals surface area contributed by atoms with Gasteiger partial charge in [0.15, 0.2) is 4.80 Å². The molecular weight excluding hydrogens is 558 g/mol. The Balaban J connectivity index is 1.69. The number of aromatic nitrogens is 1. The average Bonchev–Trinajstić information content (AvgIpc) is 3.53. The third-order valence-corrected chi connectivity index (χ3v) is 7.54. The number of carbonyl (C=O) groups is 1. The second-order valence-electron chi connectivity index (χ2n) is 8.70. The van der Waals surface area contributed by atoms with Crippen LogP contribution in [0.4, 0.5) is 5.69 Å². The van der Waals surface area contributed by atoms with Crippen LogP contribution in [0.15, 0.2) is 80.1 Å². The molecule has 4 aromatic rings. The van der Waals surface area contributed by atoms with Crippen molar-refractivity contribution in [3.8, 4) is 17.1 Å². The first-order chi connectivity index (χ1) is 19.2.